The van der Waals surface area contributed by atoms with Crippen molar-refractivity contribution in [2.45, 2.75) is 25.3 Å². The summed E-state index contributed by atoms with van der Waals surface area (Å²) < 4.78 is 0.492. The summed E-state index contributed by atoms with van der Waals surface area (Å²) in [7, 11) is 2.11. The second-order valence-corrected chi connectivity index (χ2v) is 10.5. The Kier molecular flexibility index (Phi) is 8.74. The average molecular weight is 525 g/mol. The highest BCUT2D eigenvalue weighted by atomic mass is 35.5. The standard InChI is InChI=1S/C27H29ClN4O3S/c1-32-15-12-18-7-8-21(17-20(18)13-16-32)30-26(34)22(31-27(35)23-9-10-24(28)36-23)11-14-29-25(33)19-5-3-2-4-6-19/h2-10,17,22H,11-16H2,1H3,(H,29,33)(H,30,34)(H,31,35)/t22-/m1/s1. The van der Waals surface area contributed by atoms with E-state index in [4.69, 9.17) is 11.6 Å². The maximum absolute atomic E-state index is 13.2. The van der Waals surface area contributed by atoms with Crippen molar-refractivity contribution in [3.63, 3.8) is 0 Å². The number of carbonyl (C=O) groups is 3. The Morgan fingerprint density at radius 3 is 2.44 bits per heavy atom. The molecule has 0 radical (unpaired) electrons. The Labute approximate surface area is 219 Å². The first kappa shape index (κ1) is 25.9. The molecule has 188 valence electrons. The maximum Gasteiger partial charge on any atom is 0.262 e. The van der Waals surface area contributed by atoms with Gasteiger partial charge in [-0.25, -0.2) is 0 Å². The highest BCUT2D eigenvalue weighted by Crippen LogP contribution is 2.22. The molecule has 0 saturated heterocycles. The van der Waals surface area contributed by atoms with Gasteiger partial charge in [0.25, 0.3) is 11.8 Å². The third kappa shape index (κ3) is 6.94. The molecule has 7 nitrogen and oxygen atoms in total. The number of carbonyl (C=O) groups excluding carboxylic acids is 3. The van der Waals surface area contributed by atoms with Crippen molar-refractivity contribution >= 4 is 46.3 Å². The SMILES string of the molecule is CN1CCc2ccc(NC(=O)[C@@H](CCNC(=O)c3ccccc3)NC(=O)c3ccc(Cl)s3)cc2CC1. The number of hydrogen-bond acceptors (Lipinski definition) is 5. The summed E-state index contributed by atoms with van der Waals surface area (Å²) in [5.41, 5.74) is 3.74. The molecule has 0 unspecified atom stereocenters. The molecular weight excluding hydrogens is 496 g/mol. The number of thiophene rings is 1. The molecule has 9 heteroatoms. The normalized spacial score (nSPS) is 14.3. The van der Waals surface area contributed by atoms with Gasteiger partial charge in [-0.1, -0.05) is 35.9 Å². The quantitative estimate of drug-likeness (QED) is 0.415. The molecule has 0 spiro atoms. The zero-order valence-corrected chi connectivity index (χ0v) is 21.6. The van der Waals surface area contributed by atoms with E-state index in [2.05, 4.69) is 34.0 Å². The minimum absolute atomic E-state index is 0.216. The summed E-state index contributed by atoms with van der Waals surface area (Å²) in [6, 6.07) is 17.2. The minimum Gasteiger partial charge on any atom is -0.352 e. The molecule has 36 heavy (non-hydrogen) atoms. The fourth-order valence-corrected chi connectivity index (χ4v) is 5.05. The Hall–Kier alpha value is -3.20. The van der Waals surface area contributed by atoms with E-state index >= 15 is 0 Å². The van der Waals surface area contributed by atoms with E-state index in [1.165, 1.54) is 11.1 Å². The number of amides is 3. The second kappa shape index (κ2) is 12.2. The molecule has 1 aliphatic rings. The van der Waals surface area contributed by atoms with E-state index in [0.29, 0.717) is 20.5 Å². The van der Waals surface area contributed by atoms with Crippen molar-refractivity contribution in [2.75, 3.05) is 32.0 Å². The van der Waals surface area contributed by atoms with Crippen LogP contribution in [0.4, 0.5) is 5.69 Å². The maximum atomic E-state index is 13.2. The van der Waals surface area contributed by atoms with Gasteiger partial charge in [0.15, 0.2) is 0 Å². The van der Waals surface area contributed by atoms with Crippen LogP contribution in [0, 0.1) is 0 Å². The number of rotatable bonds is 8. The number of fused-ring (bicyclic) bond motifs is 1. The molecule has 0 aliphatic carbocycles. The number of benzene rings is 2. The van der Waals surface area contributed by atoms with Gasteiger partial charge in [0, 0.05) is 30.9 Å². The molecule has 4 rings (SSSR count). The van der Waals surface area contributed by atoms with Crippen LogP contribution in [0.1, 0.15) is 37.6 Å². The van der Waals surface area contributed by atoms with Crippen LogP contribution in [-0.2, 0) is 17.6 Å². The zero-order chi connectivity index (χ0) is 25.5. The van der Waals surface area contributed by atoms with Crippen LogP contribution in [0.5, 0.6) is 0 Å². The van der Waals surface area contributed by atoms with Crippen LogP contribution in [0.25, 0.3) is 0 Å². The Balaban J connectivity index is 1.43. The van der Waals surface area contributed by atoms with Gasteiger partial charge in [-0.05, 0) is 73.8 Å². The average Bonchev–Trinajstić information content (AvgIpc) is 3.24. The van der Waals surface area contributed by atoms with E-state index in [1.807, 2.05) is 18.2 Å². The van der Waals surface area contributed by atoms with E-state index in [0.717, 1.165) is 37.3 Å². The lowest BCUT2D eigenvalue weighted by Gasteiger charge is -2.19. The molecule has 1 aliphatic heterocycles. The van der Waals surface area contributed by atoms with Crippen LogP contribution in [0.3, 0.4) is 0 Å². The first-order valence-electron chi connectivity index (χ1n) is 11.9. The smallest absolute Gasteiger partial charge is 0.262 e. The zero-order valence-electron chi connectivity index (χ0n) is 20.1. The first-order chi connectivity index (χ1) is 17.4. The van der Waals surface area contributed by atoms with Crippen molar-refractivity contribution in [1.82, 2.24) is 15.5 Å². The third-order valence-electron chi connectivity index (χ3n) is 6.17. The lowest BCUT2D eigenvalue weighted by atomic mass is 10.0. The van der Waals surface area contributed by atoms with Gasteiger partial charge in [-0.3, -0.25) is 14.4 Å². The first-order valence-corrected chi connectivity index (χ1v) is 13.1. The van der Waals surface area contributed by atoms with Crippen LogP contribution in [0.2, 0.25) is 4.34 Å². The summed E-state index contributed by atoms with van der Waals surface area (Å²) in [6.45, 7) is 2.19. The molecule has 0 bridgehead atoms. The number of nitrogens with zero attached hydrogens (tertiary/aromatic N) is 1. The highest BCUT2D eigenvalue weighted by molar-refractivity contribution is 7.18. The third-order valence-corrected chi connectivity index (χ3v) is 7.40. The van der Waals surface area contributed by atoms with E-state index < -0.39 is 6.04 Å². The number of anilines is 1. The molecule has 3 N–H and O–H groups in total. The number of halogens is 1. The summed E-state index contributed by atoms with van der Waals surface area (Å²) in [5, 5.41) is 8.58. The van der Waals surface area contributed by atoms with Crippen molar-refractivity contribution in [2.24, 2.45) is 0 Å². The van der Waals surface area contributed by atoms with Gasteiger partial charge in [-0.15, -0.1) is 11.3 Å². The fraction of sp³-hybridized carbons (Fsp3) is 0.296. The predicted molar refractivity (Wildman–Crippen MR) is 144 cm³/mol. The van der Waals surface area contributed by atoms with Crippen LogP contribution < -0.4 is 16.0 Å². The Morgan fingerprint density at radius 2 is 1.72 bits per heavy atom. The Morgan fingerprint density at radius 1 is 0.972 bits per heavy atom. The van der Waals surface area contributed by atoms with Crippen molar-refractivity contribution in [3.8, 4) is 0 Å². The summed E-state index contributed by atoms with van der Waals surface area (Å²) in [5.74, 6) is -0.959. The fourth-order valence-electron chi connectivity index (χ4n) is 4.10. The van der Waals surface area contributed by atoms with Gasteiger partial charge >= 0.3 is 0 Å². The van der Waals surface area contributed by atoms with Gasteiger partial charge in [0.05, 0.1) is 9.21 Å². The van der Waals surface area contributed by atoms with Crippen LogP contribution in [-0.4, -0.2) is 55.3 Å². The largest absolute Gasteiger partial charge is 0.352 e. The lowest BCUT2D eigenvalue weighted by molar-refractivity contribution is -0.118. The molecule has 0 fully saturated rings. The number of nitrogens with one attached hydrogen (secondary N) is 3. The molecule has 0 saturated carbocycles. The Bertz CT molecular complexity index is 1230. The van der Waals surface area contributed by atoms with E-state index in [9.17, 15) is 14.4 Å². The molecule has 1 aromatic heterocycles. The molecule has 2 aromatic carbocycles. The van der Waals surface area contributed by atoms with E-state index in [-0.39, 0.29) is 30.7 Å². The van der Waals surface area contributed by atoms with Gasteiger partial charge in [0.1, 0.15) is 6.04 Å². The predicted octanol–water partition coefficient (Wildman–Crippen LogP) is 3.99. The van der Waals surface area contributed by atoms with E-state index in [1.54, 1.807) is 36.4 Å². The molecule has 1 atom stereocenters. The molecule has 3 amide bonds. The van der Waals surface area contributed by atoms with Gasteiger partial charge in [-0.2, -0.15) is 0 Å². The number of hydrogen-bond donors (Lipinski definition) is 3. The molecule has 3 aromatic rings. The van der Waals surface area contributed by atoms with Crippen molar-refractivity contribution in [3.05, 3.63) is 86.6 Å². The topological polar surface area (TPSA) is 90.5 Å². The monoisotopic (exact) mass is 524 g/mol. The van der Waals surface area contributed by atoms with Crippen LogP contribution >= 0.6 is 22.9 Å². The highest BCUT2D eigenvalue weighted by Gasteiger charge is 2.23. The lowest BCUT2D eigenvalue weighted by Crippen LogP contribution is -2.45. The van der Waals surface area contributed by atoms with Crippen molar-refractivity contribution in [1.29, 1.82) is 0 Å². The summed E-state index contributed by atoms with van der Waals surface area (Å²) in [6.07, 6.45) is 2.12. The second-order valence-electron chi connectivity index (χ2n) is 8.82. The van der Waals surface area contributed by atoms with Crippen molar-refractivity contribution < 1.29 is 14.4 Å². The summed E-state index contributed by atoms with van der Waals surface area (Å²) in [4.78, 5) is 41.1. The summed E-state index contributed by atoms with van der Waals surface area (Å²) >= 11 is 7.12. The molecular formula is C27H29ClN4O3S. The minimum atomic E-state index is -0.848. The number of likely N-dealkylation sites (N-methyl/N-ethyl adjacent to an activating group) is 1. The van der Waals surface area contributed by atoms with Crippen LogP contribution in [0.15, 0.2) is 60.7 Å². The van der Waals surface area contributed by atoms with Gasteiger partial charge in [0.2, 0.25) is 5.91 Å². The van der Waals surface area contributed by atoms with Gasteiger partial charge < -0.3 is 20.9 Å². The molecule has 2 heterocycles.